The van der Waals surface area contributed by atoms with Crippen LogP contribution < -0.4 is 0 Å². The van der Waals surface area contributed by atoms with Gasteiger partial charge in [0.05, 0.1) is 12.0 Å². The average molecular weight is 319 g/mol. The molecule has 0 aliphatic carbocycles. The van der Waals surface area contributed by atoms with E-state index in [0.29, 0.717) is 11.4 Å². The molecule has 0 bridgehead atoms. The Balaban J connectivity index is 1.78. The van der Waals surface area contributed by atoms with E-state index < -0.39 is 11.9 Å². The lowest BCUT2D eigenvalue weighted by atomic mass is 10.1. The first-order valence-electron chi connectivity index (χ1n) is 6.77. The van der Waals surface area contributed by atoms with Crippen molar-refractivity contribution >= 4 is 23.5 Å². The molecule has 0 spiro atoms. The number of rotatable bonds is 4. The molecule has 0 aliphatic rings. The van der Waals surface area contributed by atoms with E-state index in [2.05, 4.69) is 9.78 Å². The van der Waals surface area contributed by atoms with Gasteiger partial charge in [0.1, 0.15) is 0 Å². The molecular formula is C17H15ClO4. The van der Waals surface area contributed by atoms with Crippen molar-refractivity contribution in [2.45, 2.75) is 19.8 Å². The summed E-state index contributed by atoms with van der Waals surface area (Å²) in [5.41, 5.74) is 2.39. The largest absolute Gasteiger partial charge is 0.386 e. The molecule has 2 aromatic rings. The molecule has 0 unspecified atom stereocenters. The summed E-state index contributed by atoms with van der Waals surface area (Å²) in [5, 5.41) is 0.403. The van der Waals surface area contributed by atoms with Gasteiger partial charge in [0.15, 0.2) is 0 Å². The number of halogens is 1. The van der Waals surface area contributed by atoms with Crippen LogP contribution in [0.5, 0.6) is 0 Å². The lowest BCUT2D eigenvalue weighted by molar-refractivity contribution is -0.233. The lowest BCUT2D eigenvalue weighted by Crippen LogP contribution is -2.12. The first-order chi connectivity index (χ1) is 10.5. The molecule has 22 heavy (non-hydrogen) atoms. The van der Waals surface area contributed by atoms with Gasteiger partial charge in [-0.25, -0.2) is 19.4 Å². The van der Waals surface area contributed by atoms with Crippen molar-refractivity contribution in [2.24, 2.45) is 0 Å². The van der Waals surface area contributed by atoms with E-state index >= 15 is 0 Å². The van der Waals surface area contributed by atoms with Crippen molar-refractivity contribution in [3.63, 3.8) is 0 Å². The Kier molecular flexibility index (Phi) is 5.55. The first kappa shape index (κ1) is 16.0. The maximum absolute atomic E-state index is 11.7. The fraction of sp³-hybridized carbons (Fsp3) is 0.176. The predicted molar refractivity (Wildman–Crippen MR) is 82.5 cm³/mol. The number of benzene rings is 2. The van der Waals surface area contributed by atoms with Gasteiger partial charge in [0, 0.05) is 5.02 Å². The second-order valence-corrected chi connectivity index (χ2v) is 5.26. The average Bonchev–Trinajstić information content (AvgIpc) is 2.52. The Morgan fingerprint density at radius 3 is 2.45 bits per heavy atom. The Bertz CT molecular complexity index is 665. The normalized spacial score (nSPS) is 10.1. The number of hydrogen-bond donors (Lipinski definition) is 0. The van der Waals surface area contributed by atoms with Crippen LogP contribution >= 0.6 is 11.6 Å². The van der Waals surface area contributed by atoms with Gasteiger partial charge in [0.2, 0.25) is 0 Å². The fourth-order valence-electron chi connectivity index (χ4n) is 1.79. The van der Waals surface area contributed by atoms with Crippen LogP contribution in [0, 0.1) is 6.92 Å². The molecule has 114 valence electrons. The van der Waals surface area contributed by atoms with Crippen LogP contribution in [0.15, 0.2) is 48.5 Å². The van der Waals surface area contributed by atoms with Crippen molar-refractivity contribution in [1.29, 1.82) is 0 Å². The lowest BCUT2D eigenvalue weighted by Gasteiger charge is -2.04. The second-order valence-electron chi connectivity index (χ2n) is 4.82. The standard InChI is InChI=1S/C17H15ClO4/c1-12-5-7-13(8-6-12)9-10-16(19)21-22-17(20)14-3-2-4-15(18)11-14/h2-8,11H,9-10H2,1H3. The molecule has 0 radical (unpaired) electrons. The summed E-state index contributed by atoms with van der Waals surface area (Å²) in [6.07, 6.45) is 0.652. The molecule has 0 atom stereocenters. The maximum Gasteiger partial charge on any atom is 0.386 e. The molecule has 5 heteroatoms. The molecule has 0 heterocycles. The zero-order valence-electron chi connectivity index (χ0n) is 12.0. The first-order valence-corrected chi connectivity index (χ1v) is 7.15. The minimum Gasteiger partial charge on any atom is -0.247 e. The number of hydrogen-bond acceptors (Lipinski definition) is 4. The molecule has 0 amide bonds. The third kappa shape index (κ3) is 4.90. The molecule has 2 aromatic carbocycles. The summed E-state index contributed by atoms with van der Waals surface area (Å²) in [6, 6.07) is 14.0. The van der Waals surface area contributed by atoms with Gasteiger partial charge in [-0.05, 0) is 37.1 Å². The van der Waals surface area contributed by atoms with E-state index in [1.807, 2.05) is 31.2 Å². The smallest absolute Gasteiger partial charge is 0.247 e. The van der Waals surface area contributed by atoms with Crippen molar-refractivity contribution in [2.75, 3.05) is 0 Å². The van der Waals surface area contributed by atoms with Gasteiger partial charge in [-0.2, -0.15) is 0 Å². The van der Waals surface area contributed by atoms with Gasteiger partial charge < -0.3 is 0 Å². The summed E-state index contributed by atoms with van der Waals surface area (Å²) in [5.74, 6) is -1.36. The van der Waals surface area contributed by atoms with Crippen molar-refractivity contribution in [1.82, 2.24) is 0 Å². The molecule has 0 saturated heterocycles. The molecule has 0 N–H and O–H groups in total. The van der Waals surface area contributed by atoms with Gasteiger partial charge in [-0.15, -0.1) is 0 Å². The zero-order chi connectivity index (χ0) is 15.9. The van der Waals surface area contributed by atoms with Crippen LogP contribution in [0.25, 0.3) is 0 Å². The summed E-state index contributed by atoms with van der Waals surface area (Å²) in [4.78, 5) is 32.2. The topological polar surface area (TPSA) is 52.6 Å². The van der Waals surface area contributed by atoms with Crippen LogP contribution in [0.3, 0.4) is 0 Å². The highest BCUT2D eigenvalue weighted by atomic mass is 35.5. The van der Waals surface area contributed by atoms with Crippen LogP contribution in [-0.4, -0.2) is 11.9 Å². The van der Waals surface area contributed by atoms with Gasteiger partial charge >= 0.3 is 11.9 Å². The molecule has 4 nitrogen and oxygen atoms in total. The SMILES string of the molecule is Cc1ccc(CCC(=O)OOC(=O)c2cccc(Cl)c2)cc1. The van der Waals surface area contributed by atoms with E-state index in [9.17, 15) is 9.59 Å². The van der Waals surface area contributed by atoms with E-state index in [-0.39, 0.29) is 12.0 Å². The van der Waals surface area contributed by atoms with E-state index in [1.54, 1.807) is 12.1 Å². The van der Waals surface area contributed by atoms with E-state index in [4.69, 9.17) is 11.6 Å². The fourth-order valence-corrected chi connectivity index (χ4v) is 1.98. The highest BCUT2D eigenvalue weighted by Crippen LogP contribution is 2.12. The summed E-state index contributed by atoms with van der Waals surface area (Å²) in [6.45, 7) is 1.99. The maximum atomic E-state index is 11.7. The van der Waals surface area contributed by atoms with E-state index in [1.165, 1.54) is 12.1 Å². The Morgan fingerprint density at radius 1 is 1.05 bits per heavy atom. The number of aryl methyl sites for hydroxylation is 2. The molecular weight excluding hydrogens is 304 g/mol. The third-order valence-corrected chi connectivity index (χ3v) is 3.24. The zero-order valence-corrected chi connectivity index (χ0v) is 12.8. The third-order valence-electron chi connectivity index (χ3n) is 3.01. The van der Waals surface area contributed by atoms with Crippen LogP contribution in [0.4, 0.5) is 0 Å². The monoisotopic (exact) mass is 318 g/mol. The highest BCUT2D eigenvalue weighted by molar-refractivity contribution is 6.30. The molecule has 0 aliphatic heterocycles. The minimum absolute atomic E-state index is 0.131. The summed E-state index contributed by atoms with van der Waals surface area (Å²) in [7, 11) is 0. The predicted octanol–water partition coefficient (Wildman–Crippen LogP) is 3.90. The Labute approximate surface area is 133 Å². The summed E-state index contributed by atoms with van der Waals surface area (Å²) < 4.78 is 0. The Hall–Kier alpha value is -2.33. The van der Waals surface area contributed by atoms with Gasteiger partial charge in [0.25, 0.3) is 0 Å². The molecule has 2 rings (SSSR count). The van der Waals surface area contributed by atoms with Gasteiger partial charge in [-0.1, -0.05) is 47.5 Å². The molecule has 0 saturated carbocycles. The Morgan fingerprint density at radius 2 is 1.77 bits per heavy atom. The van der Waals surface area contributed by atoms with Crippen LogP contribution in [0.2, 0.25) is 5.02 Å². The molecule has 0 fully saturated rings. The molecule has 0 aromatic heterocycles. The van der Waals surface area contributed by atoms with Crippen molar-refractivity contribution in [3.8, 4) is 0 Å². The quantitative estimate of drug-likeness (QED) is 0.634. The second kappa shape index (κ2) is 7.61. The van der Waals surface area contributed by atoms with Gasteiger partial charge in [-0.3, -0.25) is 0 Å². The van der Waals surface area contributed by atoms with Crippen LogP contribution in [-0.2, 0) is 21.0 Å². The number of carbonyl (C=O) groups excluding carboxylic acids is 2. The summed E-state index contributed by atoms with van der Waals surface area (Å²) >= 11 is 5.76. The van der Waals surface area contributed by atoms with Crippen molar-refractivity contribution in [3.05, 3.63) is 70.2 Å². The minimum atomic E-state index is -0.758. The van der Waals surface area contributed by atoms with Crippen LogP contribution in [0.1, 0.15) is 27.9 Å². The van der Waals surface area contributed by atoms with Crippen molar-refractivity contribution < 1.29 is 19.4 Å². The highest BCUT2D eigenvalue weighted by Gasteiger charge is 2.12. The van der Waals surface area contributed by atoms with E-state index in [0.717, 1.165) is 11.1 Å². The number of carbonyl (C=O) groups is 2.